The van der Waals surface area contributed by atoms with Gasteiger partial charge < -0.3 is 0 Å². The number of nitro benzene ring substituents is 1. The van der Waals surface area contributed by atoms with Crippen molar-refractivity contribution in [3.8, 4) is 0 Å². The van der Waals surface area contributed by atoms with Gasteiger partial charge in [0.25, 0.3) is 17.5 Å². The topological polar surface area (TPSA) is 80.5 Å². The Morgan fingerprint density at radius 2 is 1.77 bits per heavy atom. The lowest BCUT2D eigenvalue weighted by Crippen LogP contribution is -2.32. The molecule has 0 radical (unpaired) electrons. The van der Waals surface area contributed by atoms with Crippen molar-refractivity contribution < 1.29 is 14.5 Å². The number of nitro groups is 1. The maximum Gasteiger partial charge on any atom is 0.269 e. The van der Waals surface area contributed by atoms with E-state index in [2.05, 4.69) is 0 Å². The second-order valence-electron chi connectivity index (χ2n) is 4.70. The van der Waals surface area contributed by atoms with Gasteiger partial charge in [0.05, 0.1) is 15.4 Å². The van der Waals surface area contributed by atoms with Crippen molar-refractivity contribution in [3.05, 3.63) is 44.8 Å². The van der Waals surface area contributed by atoms with Gasteiger partial charge in [-0.3, -0.25) is 24.6 Å². The first-order chi connectivity index (χ1) is 10.5. The van der Waals surface area contributed by atoms with Crippen LogP contribution >= 0.6 is 11.8 Å². The van der Waals surface area contributed by atoms with Gasteiger partial charge in [0.2, 0.25) is 0 Å². The molecule has 1 aromatic carbocycles. The van der Waals surface area contributed by atoms with Crippen LogP contribution in [0.2, 0.25) is 0 Å². The van der Waals surface area contributed by atoms with E-state index < -0.39 is 4.92 Å². The third kappa shape index (κ3) is 2.89. The molecule has 1 aliphatic rings. The lowest BCUT2D eigenvalue weighted by molar-refractivity contribution is -0.384. The Kier molecular flexibility index (Phi) is 4.97. The molecule has 0 N–H and O–H groups in total. The largest absolute Gasteiger partial charge is 0.274 e. The third-order valence-electron chi connectivity index (χ3n) is 3.23. The van der Waals surface area contributed by atoms with E-state index in [-0.39, 0.29) is 17.5 Å². The molecule has 0 atom stereocenters. The summed E-state index contributed by atoms with van der Waals surface area (Å²) in [6.07, 6.45) is 0.690. The summed E-state index contributed by atoms with van der Waals surface area (Å²) in [6.45, 7) is 4.18. The molecule has 0 spiro atoms. The zero-order valence-electron chi connectivity index (χ0n) is 12.4. The van der Waals surface area contributed by atoms with E-state index in [4.69, 9.17) is 0 Å². The first-order valence-electron chi connectivity index (χ1n) is 6.99. The predicted octanol–water partition coefficient (Wildman–Crippen LogP) is 2.84. The first kappa shape index (κ1) is 16.2. The molecule has 0 unspecified atom stereocenters. The van der Waals surface area contributed by atoms with E-state index in [9.17, 15) is 19.7 Å². The number of benzene rings is 1. The van der Waals surface area contributed by atoms with Gasteiger partial charge >= 0.3 is 0 Å². The van der Waals surface area contributed by atoms with Gasteiger partial charge in [-0.2, -0.15) is 0 Å². The molecule has 22 heavy (non-hydrogen) atoms. The molecule has 6 nitrogen and oxygen atoms in total. The number of carbonyl (C=O) groups is 2. The Morgan fingerprint density at radius 1 is 1.14 bits per heavy atom. The molecule has 0 saturated heterocycles. The molecule has 116 valence electrons. The molecule has 1 heterocycles. The van der Waals surface area contributed by atoms with Gasteiger partial charge in [0.15, 0.2) is 0 Å². The summed E-state index contributed by atoms with van der Waals surface area (Å²) in [5.74, 6) is 0.0776. The summed E-state index contributed by atoms with van der Waals surface area (Å²) in [6, 6.07) is 5.72. The quantitative estimate of drug-likeness (QED) is 0.457. The maximum absolute atomic E-state index is 12.5. The van der Waals surface area contributed by atoms with Crippen molar-refractivity contribution in [1.82, 2.24) is 4.90 Å². The van der Waals surface area contributed by atoms with Gasteiger partial charge in [-0.1, -0.05) is 13.8 Å². The molecular weight excluding hydrogens is 304 g/mol. The monoisotopic (exact) mass is 320 g/mol. The van der Waals surface area contributed by atoms with Crippen LogP contribution in [-0.2, 0) is 9.59 Å². The molecule has 0 bridgehead atoms. The van der Waals surface area contributed by atoms with Crippen molar-refractivity contribution in [2.24, 2.45) is 0 Å². The number of thioether (sulfide) groups is 1. The van der Waals surface area contributed by atoms with Gasteiger partial charge in [-0.25, -0.2) is 0 Å². The molecule has 2 amide bonds. The van der Waals surface area contributed by atoms with Crippen molar-refractivity contribution in [2.45, 2.75) is 20.3 Å². The molecule has 1 aromatic rings. The summed E-state index contributed by atoms with van der Waals surface area (Å²) in [4.78, 5) is 36.8. The summed E-state index contributed by atoms with van der Waals surface area (Å²) in [5, 5.41) is 10.7. The fourth-order valence-electron chi connectivity index (χ4n) is 2.26. The molecule has 0 saturated carbocycles. The Bertz CT molecular complexity index is 652. The molecule has 2 rings (SSSR count). The zero-order chi connectivity index (χ0) is 16.3. The normalized spacial score (nSPS) is 14.9. The van der Waals surface area contributed by atoms with Crippen molar-refractivity contribution >= 4 is 34.8 Å². The maximum atomic E-state index is 12.5. The number of rotatable bonds is 6. The fraction of sp³-hybridized carbons (Fsp3) is 0.333. The van der Waals surface area contributed by atoms with Crippen LogP contribution in [0.25, 0.3) is 5.57 Å². The van der Waals surface area contributed by atoms with Crippen molar-refractivity contribution in [2.75, 3.05) is 12.3 Å². The van der Waals surface area contributed by atoms with Gasteiger partial charge in [0, 0.05) is 18.7 Å². The highest BCUT2D eigenvalue weighted by Gasteiger charge is 2.38. The lowest BCUT2D eigenvalue weighted by Gasteiger charge is -2.13. The second kappa shape index (κ2) is 6.74. The summed E-state index contributed by atoms with van der Waals surface area (Å²) < 4.78 is 0. The molecule has 0 aromatic heterocycles. The van der Waals surface area contributed by atoms with Crippen molar-refractivity contribution in [3.63, 3.8) is 0 Å². The Balaban J connectivity index is 2.45. The van der Waals surface area contributed by atoms with Crippen LogP contribution in [0.1, 0.15) is 25.8 Å². The highest BCUT2D eigenvalue weighted by molar-refractivity contribution is 8.04. The standard InChI is InChI=1S/C15H16N2O4S/c1-3-9-16-14(18)12(13(15(16)19)22-4-2)10-5-7-11(8-6-10)17(20)21/h5-8H,3-4,9H2,1-2H3. The van der Waals surface area contributed by atoms with Crippen LogP contribution in [0.4, 0.5) is 5.69 Å². The van der Waals surface area contributed by atoms with Gasteiger partial charge in [-0.05, 0) is 29.9 Å². The van der Waals surface area contributed by atoms with Crippen LogP contribution < -0.4 is 0 Å². The van der Waals surface area contributed by atoms with E-state index in [0.29, 0.717) is 34.8 Å². The SMILES string of the molecule is CCCN1C(=O)C(SCC)=C(c2ccc([N+](=O)[O-])cc2)C1=O. The second-order valence-corrected chi connectivity index (χ2v) is 5.98. The molecule has 7 heteroatoms. The fourth-order valence-corrected chi connectivity index (χ4v) is 3.13. The van der Waals surface area contributed by atoms with Crippen LogP contribution in [0.15, 0.2) is 29.2 Å². The van der Waals surface area contributed by atoms with E-state index in [1.54, 1.807) is 0 Å². The Labute approximate surface area is 132 Å². The highest BCUT2D eigenvalue weighted by Crippen LogP contribution is 2.36. The summed E-state index contributed by atoms with van der Waals surface area (Å²) >= 11 is 1.33. The minimum absolute atomic E-state index is 0.0452. The van der Waals surface area contributed by atoms with Crippen LogP contribution in [-0.4, -0.2) is 33.9 Å². The smallest absolute Gasteiger partial charge is 0.269 e. The number of hydrogen-bond acceptors (Lipinski definition) is 5. The van der Waals surface area contributed by atoms with Gasteiger partial charge in [0.1, 0.15) is 0 Å². The molecule has 1 aliphatic heterocycles. The molecule has 0 fully saturated rings. The molecular formula is C15H16N2O4S. The average Bonchev–Trinajstić information content (AvgIpc) is 2.73. The van der Waals surface area contributed by atoms with E-state index in [0.717, 1.165) is 0 Å². The lowest BCUT2D eigenvalue weighted by atomic mass is 10.1. The third-order valence-corrected chi connectivity index (χ3v) is 4.18. The van der Waals surface area contributed by atoms with Crippen LogP contribution in [0, 0.1) is 10.1 Å². The van der Waals surface area contributed by atoms with Crippen LogP contribution in [0.5, 0.6) is 0 Å². The summed E-state index contributed by atoms with van der Waals surface area (Å²) in [5.41, 5.74) is 0.843. The minimum atomic E-state index is -0.495. The van der Waals surface area contributed by atoms with E-state index >= 15 is 0 Å². The zero-order valence-corrected chi connectivity index (χ0v) is 13.2. The first-order valence-corrected chi connectivity index (χ1v) is 7.97. The minimum Gasteiger partial charge on any atom is -0.274 e. The van der Waals surface area contributed by atoms with Crippen LogP contribution in [0.3, 0.4) is 0 Å². The number of carbonyl (C=O) groups excluding carboxylic acids is 2. The van der Waals surface area contributed by atoms with E-state index in [1.807, 2.05) is 13.8 Å². The number of hydrogen-bond donors (Lipinski definition) is 0. The molecule has 0 aliphatic carbocycles. The Hall–Kier alpha value is -2.15. The highest BCUT2D eigenvalue weighted by atomic mass is 32.2. The van der Waals surface area contributed by atoms with Crippen molar-refractivity contribution in [1.29, 1.82) is 0 Å². The Morgan fingerprint density at radius 3 is 2.27 bits per heavy atom. The predicted molar refractivity (Wildman–Crippen MR) is 85.2 cm³/mol. The van der Waals surface area contributed by atoms with E-state index in [1.165, 1.54) is 40.9 Å². The number of amides is 2. The number of imide groups is 1. The number of nitrogens with zero attached hydrogens (tertiary/aromatic N) is 2. The summed E-state index contributed by atoms with van der Waals surface area (Å²) in [7, 11) is 0. The van der Waals surface area contributed by atoms with Gasteiger partial charge in [-0.15, -0.1) is 11.8 Å². The number of non-ortho nitro benzene ring substituents is 1. The average molecular weight is 320 g/mol.